The molecule has 0 spiro atoms. The van der Waals surface area contributed by atoms with Gasteiger partial charge in [-0.25, -0.2) is 0 Å². The minimum Gasteiger partial charge on any atom is -0.507 e. The number of benzene rings is 1. The maximum Gasteiger partial charge on any atom is 0.261 e. The molecule has 1 unspecified atom stereocenters. The zero-order valence-electron chi connectivity index (χ0n) is 12.5. The van der Waals surface area contributed by atoms with E-state index in [-0.39, 0.29) is 17.7 Å². The van der Waals surface area contributed by atoms with Gasteiger partial charge in [0.1, 0.15) is 17.6 Å². The smallest absolute Gasteiger partial charge is 0.261 e. The number of nitrogens with zero attached hydrogens (tertiary/aromatic N) is 2. The van der Waals surface area contributed by atoms with Crippen molar-refractivity contribution in [2.75, 3.05) is 13.7 Å². The van der Waals surface area contributed by atoms with E-state index < -0.39 is 0 Å². The molecule has 2 aromatic rings. The fourth-order valence-electron chi connectivity index (χ4n) is 2.04. The first-order valence-corrected chi connectivity index (χ1v) is 7.02. The van der Waals surface area contributed by atoms with Crippen LogP contribution in [0.15, 0.2) is 22.7 Å². The summed E-state index contributed by atoms with van der Waals surface area (Å²) in [5, 5.41) is 14.0. The van der Waals surface area contributed by atoms with Gasteiger partial charge in [0.15, 0.2) is 0 Å². The molecule has 21 heavy (non-hydrogen) atoms. The van der Waals surface area contributed by atoms with E-state index in [0.717, 1.165) is 12.8 Å². The molecule has 1 heterocycles. The van der Waals surface area contributed by atoms with E-state index in [1.165, 1.54) is 13.2 Å². The molecule has 6 heteroatoms. The third-order valence-electron chi connectivity index (χ3n) is 3.08. The molecule has 0 saturated heterocycles. The molecular weight excluding hydrogens is 272 g/mol. The average molecular weight is 292 g/mol. The molecule has 2 rings (SSSR count). The number of rotatable bonds is 7. The van der Waals surface area contributed by atoms with Crippen LogP contribution in [0.25, 0.3) is 11.5 Å². The lowest BCUT2D eigenvalue weighted by molar-refractivity contribution is 0.0478. The summed E-state index contributed by atoms with van der Waals surface area (Å²) in [4.78, 5) is 4.33. The molecule has 0 aliphatic carbocycles. The van der Waals surface area contributed by atoms with Crippen LogP contribution in [0.3, 0.4) is 0 Å². The van der Waals surface area contributed by atoms with Gasteiger partial charge in [-0.05, 0) is 25.5 Å². The second-order valence-electron chi connectivity index (χ2n) is 4.57. The highest BCUT2D eigenvalue weighted by Gasteiger charge is 2.20. The van der Waals surface area contributed by atoms with E-state index in [2.05, 4.69) is 17.1 Å². The summed E-state index contributed by atoms with van der Waals surface area (Å²) in [6.07, 6.45) is 1.60. The molecule has 6 nitrogen and oxygen atoms in total. The second kappa shape index (κ2) is 7.08. The van der Waals surface area contributed by atoms with Crippen LogP contribution in [0.1, 0.15) is 38.6 Å². The Morgan fingerprint density at radius 1 is 1.33 bits per heavy atom. The number of hydrogen-bond donors (Lipinski definition) is 1. The van der Waals surface area contributed by atoms with Crippen molar-refractivity contribution in [2.24, 2.45) is 0 Å². The second-order valence-corrected chi connectivity index (χ2v) is 4.57. The summed E-state index contributed by atoms with van der Waals surface area (Å²) in [6.45, 7) is 4.59. The standard InChI is InChI=1S/C15H20N2O4/c1-4-6-13(20-5-2)14-16-15(21-17-14)11-8-7-10(19-3)9-12(11)18/h7-9,13,18H,4-6H2,1-3H3. The van der Waals surface area contributed by atoms with Crippen molar-refractivity contribution < 1.29 is 19.1 Å². The van der Waals surface area contributed by atoms with E-state index in [0.29, 0.717) is 23.7 Å². The summed E-state index contributed by atoms with van der Waals surface area (Å²) in [5.74, 6) is 1.37. The number of ether oxygens (including phenoxy) is 2. The number of aromatic hydroxyl groups is 1. The van der Waals surface area contributed by atoms with Crippen LogP contribution in [0.4, 0.5) is 0 Å². The van der Waals surface area contributed by atoms with Crippen LogP contribution in [-0.4, -0.2) is 29.0 Å². The van der Waals surface area contributed by atoms with Gasteiger partial charge in [0, 0.05) is 12.7 Å². The van der Waals surface area contributed by atoms with E-state index >= 15 is 0 Å². The monoisotopic (exact) mass is 292 g/mol. The largest absolute Gasteiger partial charge is 0.507 e. The number of hydrogen-bond acceptors (Lipinski definition) is 6. The van der Waals surface area contributed by atoms with Crippen molar-refractivity contribution in [3.63, 3.8) is 0 Å². The fourth-order valence-corrected chi connectivity index (χ4v) is 2.04. The van der Waals surface area contributed by atoms with Crippen LogP contribution < -0.4 is 4.74 Å². The van der Waals surface area contributed by atoms with Crippen molar-refractivity contribution in [3.8, 4) is 23.0 Å². The van der Waals surface area contributed by atoms with Crippen molar-refractivity contribution >= 4 is 0 Å². The van der Waals surface area contributed by atoms with Crippen molar-refractivity contribution in [3.05, 3.63) is 24.0 Å². The summed E-state index contributed by atoms with van der Waals surface area (Å²) in [5.41, 5.74) is 0.473. The molecule has 1 N–H and O–H groups in total. The molecule has 1 aromatic carbocycles. The van der Waals surface area contributed by atoms with Crippen LogP contribution >= 0.6 is 0 Å². The van der Waals surface area contributed by atoms with Gasteiger partial charge in [0.25, 0.3) is 5.89 Å². The van der Waals surface area contributed by atoms with Crippen LogP contribution in [0.5, 0.6) is 11.5 Å². The SMILES string of the molecule is CCCC(OCC)c1noc(-c2ccc(OC)cc2O)n1. The van der Waals surface area contributed by atoms with E-state index in [1.807, 2.05) is 6.92 Å². The molecular formula is C15H20N2O4. The predicted molar refractivity (Wildman–Crippen MR) is 77.2 cm³/mol. The fraction of sp³-hybridized carbons (Fsp3) is 0.467. The highest BCUT2D eigenvalue weighted by atomic mass is 16.5. The first-order valence-electron chi connectivity index (χ1n) is 7.02. The molecule has 0 amide bonds. The summed E-state index contributed by atoms with van der Waals surface area (Å²) in [7, 11) is 1.54. The zero-order valence-corrected chi connectivity index (χ0v) is 12.5. The van der Waals surface area contributed by atoms with Crippen LogP contribution in [0, 0.1) is 0 Å². The lowest BCUT2D eigenvalue weighted by Gasteiger charge is -2.11. The Balaban J connectivity index is 2.26. The van der Waals surface area contributed by atoms with Gasteiger partial charge in [-0.3, -0.25) is 0 Å². The maximum absolute atomic E-state index is 9.99. The zero-order chi connectivity index (χ0) is 15.2. The Kier molecular flexibility index (Phi) is 5.16. The average Bonchev–Trinajstić information content (AvgIpc) is 2.96. The molecule has 114 valence electrons. The van der Waals surface area contributed by atoms with Gasteiger partial charge in [0.05, 0.1) is 12.7 Å². The van der Waals surface area contributed by atoms with E-state index in [1.54, 1.807) is 12.1 Å². The minimum atomic E-state index is -0.183. The molecule has 0 fully saturated rings. The Morgan fingerprint density at radius 3 is 2.76 bits per heavy atom. The Hall–Kier alpha value is -2.08. The number of methoxy groups -OCH3 is 1. The lowest BCUT2D eigenvalue weighted by Crippen LogP contribution is -2.05. The topological polar surface area (TPSA) is 77.6 Å². The number of phenols is 1. The minimum absolute atomic E-state index is 0.0352. The van der Waals surface area contributed by atoms with Gasteiger partial charge in [-0.2, -0.15) is 4.98 Å². The Bertz CT molecular complexity index is 577. The highest BCUT2D eigenvalue weighted by molar-refractivity contribution is 5.63. The molecule has 0 bridgehead atoms. The first-order chi connectivity index (χ1) is 10.2. The maximum atomic E-state index is 9.99. The molecule has 0 aliphatic rings. The van der Waals surface area contributed by atoms with Gasteiger partial charge < -0.3 is 19.1 Å². The first kappa shape index (κ1) is 15.3. The summed E-state index contributed by atoms with van der Waals surface area (Å²) in [6, 6.07) is 4.91. The lowest BCUT2D eigenvalue weighted by atomic mass is 10.2. The van der Waals surface area contributed by atoms with Gasteiger partial charge in [0.2, 0.25) is 5.82 Å². The van der Waals surface area contributed by atoms with Crippen LogP contribution in [-0.2, 0) is 4.74 Å². The predicted octanol–water partition coefficient (Wildman–Crippen LogP) is 3.33. The third-order valence-corrected chi connectivity index (χ3v) is 3.08. The van der Waals surface area contributed by atoms with Crippen LogP contribution in [0.2, 0.25) is 0 Å². The number of phenolic OH excluding ortho intramolecular Hbond substituents is 1. The van der Waals surface area contributed by atoms with E-state index in [9.17, 15) is 5.11 Å². The third kappa shape index (κ3) is 3.52. The van der Waals surface area contributed by atoms with E-state index in [4.69, 9.17) is 14.0 Å². The summed E-state index contributed by atoms with van der Waals surface area (Å²) < 4.78 is 15.9. The van der Waals surface area contributed by atoms with Gasteiger partial charge in [-0.15, -0.1) is 0 Å². The number of aromatic nitrogens is 2. The molecule has 0 radical (unpaired) electrons. The van der Waals surface area contributed by atoms with Gasteiger partial charge >= 0.3 is 0 Å². The summed E-state index contributed by atoms with van der Waals surface area (Å²) >= 11 is 0. The molecule has 0 aliphatic heterocycles. The van der Waals surface area contributed by atoms with Crippen molar-refractivity contribution in [2.45, 2.75) is 32.8 Å². The van der Waals surface area contributed by atoms with Crippen molar-refractivity contribution in [1.29, 1.82) is 0 Å². The molecule has 0 saturated carbocycles. The van der Waals surface area contributed by atoms with Crippen molar-refractivity contribution in [1.82, 2.24) is 10.1 Å². The highest BCUT2D eigenvalue weighted by Crippen LogP contribution is 2.32. The Morgan fingerprint density at radius 2 is 2.14 bits per heavy atom. The van der Waals surface area contributed by atoms with Gasteiger partial charge in [-0.1, -0.05) is 18.5 Å². The normalized spacial score (nSPS) is 12.3. The molecule has 1 aromatic heterocycles. The Labute approximate surface area is 123 Å². The quantitative estimate of drug-likeness (QED) is 0.843. The molecule has 1 atom stereocenters.